The molecule has 1 heterocycles. The van der Waals surface area contributed by atoms with Crippen molar-refractivity contribution in [3.05, 3.63) is 42.2 Å². The molecule has 1 aromatic carbocycles. The summed E-state index contributed by atoms with van der Waals surface area (Å²) >= 11 is 0. The SMILES string of the molecule is COc1ccc(F)cc1[C@@H](NC(=O)CCn1cncn1)C1CC(O)C1. The maximum Gasteiger partial charge on any atom is 0.222 e. The third kappa shape index (κ3) is 4.14. The topological polar surface area (TPSA) is 89.3 Å². The third-order valence-corrected chi connectivity index (χ3v) is 4.50. The Balaban J connectivity index is 1.73. The minimum atomic E-state index is -0.405. The number of benzene rings is 1. The molecule has 2 aromatic rings. The van der Waals surface area contributed by atoms with Crippen LogP contribution in [-0.2, 0) is 11.3 Å². The normalized spacial score (nSPS) is 20.6. The molecule has 1 atom stereocenters. The van der Waals surface area contributed by atoms with Gasteiger partial charge in [-0.2, -0.15) is 5.10 Å². The van der Waals surface area contributed by atoms with Crippen LogP contribution in [-0.4, -0.2) is 39.0 Å². The van der Waals surface area contributed by atoms with E-state index in [-0.39, 0.29) is 24.3 Å². The monoisotopic (exact) mass is 348 g/mol. The molecule has 0 saturated heterocycles. The largest absolute Gasteiger partial charge is 0.496 e. The minimum absolute atomic E-state index is 0.0426. The van der Waals surface area contributed by atoms with Crippen LogP contribution < -0.4 is 10.1 Å². The number of nitrogens with zero attached hydrogens (tertiary/aromatic N) is 3. The van der Waals surface area contributed by atoms with Crippen LogP contribution in [0.5, 0.6) is 5.75 Å². The van der Waals surface area contributed by atoms with Crippen LogP contribution in [0.1, 0.15) is 30.9 Å². The Bertz CT molecular complexity index is 717. The van der Waals surface area contributed by atoms with Crippen molar-refractivity contribution in [2.75, 3.05) is 7.11 Å². The van der Waals surface area contributed by atoms with Crippen molar-refractivity contribution in [3.63, 3.8) is 0 Å². The van der Waals surface area contributed by atoms with Gasteiger partial charge in [-0.25, -0.2) is 9.37 Å². The summed E-state index contributed by atoms with van der Waals surface area (Å²) in [7, 11) is 1.51. The zero-order valence-corrected chi connectivity index (χ0v) is 13.9. The Morgan fingerprint density at radius 1 is 1.52 bits per heavy atom. The molecular weight excluding hydrogens is 327 g/mol. The molecule has 0 aliphatic heterocycles. The van der Waals surface area contributed by atoms with Crippen molar-refractivity contribution >= 4 is 5.91 Å². The predicted molar refractivity (Wildman–Crippen MR) is 87.2 cm³/mol. The average Bonchev–Trinajstić information content (AvgIpc) is 3.09. The van der Waals surface area contributed by atoms with Gasteiger partial charge in [-0.05, 0) is 37.0 Å². The fraction of sp³-hybridized carbons (Fsp3) is 0.471. The van der Waals surface area contributed by atoms with E-state index < -0.39 is 11.9 Å². The quantitative estimate of drug-likeness (QED) is 0.790. The van der Waals surface area contributed by atoms with E-state index in [1.807, 2.05) is 0 Å². The van der Waals surface area contributed by atoms with E-state index in [4.69, 9.17) is 4.74 Å². The van der Waals surface area contributed by atoms with E-state index in [0.717, 1.165) is 0 Å². The second-order valence-electron chi connectivity index (χ2n) is 6.23. The number of hydrogen-bond acceptors (Lipinski definition) is 5. The van der Waals surface area contributed by atoms with Crippen molar-refractivity contribution in [1.29, 1.82) is 0 Å². The predicted octanol–water partition coefficient (Wildman–Crippen LogP) is 1.44. The van der Waals surface area contributed by atoms with Gasteiger partial charge in [0.2, 0.25) is 5.91 Å². The summed E-state index contributed by atoms with van der Waals surface area (Å²) in [5, 5.41) is 16.5. The smallest absolute Gasteiger partial charge is 0.222 e. The van der Waals surface area contributed by atoms with E-state index in [1.165, 1.54) is 25.6 Å². The number of amides is 1. The zero-order valence-electron chi connectivity index (χ0n) is 13.9. The lowest BCUT2D eigenvalue weighted by atomic mass is 9.74. The molecule has 3 rings (SSSR count). The Kier molecular flexibility index (Phi) is 5.28. The second kappa shape index (κ2) is 7.60. The first-order chi connectivity index (χ1) is 12.1. The number of carbonyl (C=O) groups excluding carboxylic acids is 1. The molecule has 1 aliphatic carbocycles. The second-order valence-corrected chi connectivity index (χ2v) is 6.23. The number of nitrogens with one attached hydrogen (secondary N) is 1. The van der Waals surface area contributed by atoms with Gasteiger partial charge < -0.3 is 15.2 Å². The van der Waals surface area contributed by atoms with Gasteiger partial charge in [0.1, 0.15) is 24.2 Å². The number of rotatable bonds is 7. The van der Waals surface area contributed by atoms with Gasteiger partial charge >= 0.3 is 0 Å². The lowest BCUT2D eigenvalue weighted by Crippen LogP contribution is -2.41. The van der Waals surface area contributed by atoms with Gasteiger partial charge in [0, 0.05) is 12.0 Å². The van der Waals surface area contributed by atoms with Gasteiger partial charge in [0.05, 0.1) is 25.8 Å². The van der Waals surface area contributed by atoms with Gasteiger partial charge in [0.25, 0.3) is 0 Å². The summed E-state index contributed by atoms with van der Waals surface area (Å²) in [6, 6.07) is 3.85. The molecule has 0 unspecified atom stereocenters. The number of aliphatic hydroxyl groups is 1. The molecule has 134 valence electrons. The van der Waals surface area contributed by atoms with Gasteiger partial charge in [-0.15, -0.1) is 0 Å². The summed E-state index contributed by atoms with van der Waals surface area (Å²) in [4.78, 5) is 16.2. The molecule has 25 heavy (non-hydrogen) atoms. The van der Waals surface area contributed by atoms with Crippen LogP contribution >= 0.6 is 0 Å². The summed E-state index contributed by atoms with van der Waals surface area (Å²) < 4.78 is 20.6. The molecule has 0 spiro atoms. The van der Waals surface area contributed by atoms with E-state index in [2.05, 4.69) is 15.4 Å². The molecule has 0 bridgehead atoms. The summed E-state index contributed by atoms with van der Waals surface area (Å²) in [5.74, 6) is -0.00359. The highest BCUT2D eigenvalue weighted by Gasteiger charge is 2.37. The van der Waals surface area contributed by atoms with Gasteiger partial charge in [-0.1, -0.05) is 0 Å². The molecule has 7 nitrogen and oxygen atoms in total. The lowest BCUT2D eigenvalue weighted by Gasteiger charge is -2.38. The van der Waals surface area contributed by atoms with Gasteiger partial charge in [-0.3, -0.25) is 9.48 Å². The van der Waals surface area contributed by atoms with Crippen molar-refractivity contribution in [2.45, 2.75) is 38.0 Å². The minimum Gasteiger partial charge on any atom is -0.496 e. The van der Waals surface area contributed by atoms with Crippen LogP contribution in [0, 0.1) is 11.7 Å². The number of aryl methyl sites for hydroxylation is 1. The van der Waals surface area contributed by atoms with Crippen molar-refractivity contribution < 1.29 is 19.0 Å². The number of carbonyl (C=O) groups is 1. The molecule has 2 N–H and O–H groups in total. The Morgan fingerprint density at radius 3 is 2.96 bits per heavy atom. The average molecular weight is 348 g/mol. The van der Waals surface area contributed by atoms with Crippen molar-refractivity contribution in [1.82, 2.24) is 20.1 Å². The van der Waals surface area contributed by atoms with Crippen LogP contribution in [0.2, 0.25) is 0 Å². The van der Waals surface area contributed by atoms with Crippen LogP contribution in [0.15, 0.2) is 30.9 Å². The molecule has 1 fully saturated rings. The highest BCUT2D eigenvalue weighted by atomic mass is 19.1. The molecule has 1 amide bonds. The van der Waals surface area contributed by atoms with Crippen LogP contribution in [0.4, 0.5) is 4.39 Å². The van der Waals surface area contributed by atoms with Gasteiger partial charge in [0.15, 0.2) is 0 Å². The highest BCUT2D eigenvalue weighted by molar-refractivity contribution is 5.76. The Morgan fingerprint density at radius 2 is 2.32 bits per heavy atom. The molecule has 1 aliphatic rings. The van der Waals surface area contributed by atoms with Crippen molar-refractivity contribution in [3.8, 4) is 5.75 Å². The zero-order chi connectivity index (χ0) is 17.8. The van der Waals surface area contributed by atoms with E-state index in [0.29, 0.717) is 30.7 Å². The number of aromatic nitrogens is 3. The maximum absolute atomic E-state index is 13.7. The van der Waals surface area contributed by atoms with Crippen LogP contribution in [0.25, 0.3) is 0 Å². The fourth-order valence-electron chi connectivity index (χ4n) is 3.11. The molecule has 0 radical (unpaired) electrons. The number of methoxy groups -OCH3 is 1. The summed E-state index contributed by atoms with van der Waals surface area (Å²) in [6.45, 7) is 0.409. The fourth-order valence-corrected chi connectivity index (χ4v) is 3.11. The Hall–Kier alpha value is -2.48. The molecule has 1 aromatic heterocycles. The standard InChI is InChI=1S/C17H21FN4O3/c1-25-15-3-2-12(18)8-14(15)17(11-6-13(23)7-11)21-16(24)4-5-22-10-19-9-20-22/h2-3,8-11,13,17,23H,4-7H2,1H3,(H,21,24)/t11?,13?,17-/m0/s1. The van der Waals surface area contributed by atoms with E-state index >= 15 is 0 Å². The maximum atomic E-state index is 13.7. The van der Waals surface area contributed by atoms with E-state index in [1.54, 1.807) is 17.1 Å². The first-order valence-corrected chi connectivity index (χ1v) is 8.20. The first kappa shape index (κ1) is 17.3. The molecule has 1 saturated carbocycles. The molecular formula is C17H21FN4O3. The third-order valence-electron chi connectivity index (χ3n) is 4.50. The van der Waals surface area contributed by atoms with Crippen molar-refractivity contribution in [2.24, 2.45) is 5.92 Å². The van der Waals surface area contributed by atoms with E-state index in [9.17, 15) is 14.3 Å². The van der Waals surface area contributed by atoms with Crippen LogP contribution in [0.3, 0.4) is 0 Å². The number of hydrogen-bond donors (Lipinski definition) is 2. The highest BCUT2D eigenvalue weighted by Crippen LogP contribution is 2.41. The lowest BCUT2D eigenvalue weighted by molar-refractivity contribution is -0.123. The Labute approximate surface area is 144 Å². The summed E-state index contributed by atoms with van der Waals surface area (Å²) in [5.41, 5.74) is 0.591. The molecule has 8 heteroatoms. The summed E-state index contributed by atoms with van der Waals surface area (Å²) in [6.07, 6.45) is 3.93. The number of ether oxygens (including phenoxy) is 1. The number of halogens is 1. The first-order valence-electron chi connectivity index (χ1n) is 8.20. The number of aliphatic hydroxyl groups excluding tert-OH is 1.